The molecule has 0 saturated heterocycles. The molecule has 0 radical (unpaired) electrons. The Balaban J connectivity index is 0.000000791. The van der Waals surface area contributed by atoms with Crippen LogP contribution in [0.4, 0.5) is 0 Å². The largest absolute Gasteiger partial charge is 0.400 e. The quantitative estimate of drug-likeness (QED) is 0.693. The highest BCUT2D eigenvalue weighted by atomic mass is 16.2. The van der Waals surface area contributed by atoms with Gasteiger partial charge in [-0.2, -0.15) is 0 Å². The number of aromatic nitrogens is 1. The van der Waals surface area contributed by atoms with Crippen molar-refractivity contribution in [1.82, 2.24) is 10.3 Å². The van der Waals surface area contributed by atoms with Gasteiger partial charge in [-0.15, -0.1) is 0 Å². The van der Waals surface area contributed by atoms with Crippen LogP contribution in [0.15, 0.2) is 12.3 Å². The number of carbonyl (C=O) groups excluding carboxylic acids is 1. The molecule has 4 nitrogen and oxygen atoms in total. The predicted octanol–water partition coefficient (Wildman–Crippen LogP) is 0.667. The van der Waals surface area contributed by atoms with E-state index in [1.807, 2.05) is 13.8 Å². The maximum Gasteiger partial charge on any atom is 0.251 e. The molecular weight excluding hydrogens is 180 g/mol. The molecule has 4 heteroatoms. The fraction of sp³-hybridized carbons (Fsp3) is 0.400. The number of hydrogen-bond acceptors (Lipinski definition) is 3. The van der Waals surface area contributed by atoms with Gasteiger partial charge < -0.3 is 10.4 Å². The van der Waals surface area contributed by atoms with E-state index >= 15 is 0 Å². The first-order chi connectivity index (χ1) is 6.65. The van der Waals surface area contributed by atoms with Crippen molar-refractivity contribution in [3.8, 4) is 0 Å². The summed E-state index contributed by atoms with van der Waals surface area (Å²) >= 11 is 0. The van der Waals surface area contributed by atoms with E-state index in [0.29, 0.717) is 5.56 Å². The van der Waals surface area contributed by atoms with Crippen molar-refractivity contribution < 1.29 is 9.90 Å². The number of hydrogen-bond donors (Lipinski definition) is 2. The van der Waals surface area contributed by atoms with Gasteiger partial charge in [-0.05, 0) is 25.5 Å². The van der Waals surface area contributed by atoms with E-state index in [4.69, 9.17) is 5.11 Å². The van der Waals surface area contributed by atoms with E-state index in [-0.39, 0.29) is 5.91 Å². The molecule has 0 spiro atoms. The van der Waals surface area contributed by atoms with Crippen LogP contribution in [0.1, 0.15) is 21.6 Å². The first-order valence-corrected chi connectivity index (χ1v) is 4.25. The van der Waals surface area contributed by atoms with Crippen LogP contribution >= 0.6 is 0 Å². The standard InChI is InChI=1S/C9H12N2O.CH4O/c1-6-5-11-7(2)4-8(6)9(12)10-3;1-2/h4-5H,1-3H3,(H,10,12);2H,1H3. The van der Waals surface area contributed by atoms with E-state index in [9.17, 15) is 4.79 Å². The van der Waals surface area contributed by atoms with E-state index < -0.39 is 0 Å². The molecule has 1 amide bonds. The van der Waals surface area contributed by atoms with Crippen molar-refractivity contribution in [1.29, 1.82) is 0 Å². The normalized spacial score (nSPS) is 8.64. The molecular formula is C10H16N2O2. The first-order valence-electron chi connectivity index (χ1n) is 4.25. The summed E-state index contributed by atoms with van der Waals surface area (Å²) in [6, 6.07) is 1.79. The zero-order valence-corrected chi connectivity index (χ0v) is 8.96. The summed E-state index contributed by atoms with van der Waals surface area (Å²) in [5.41, 5.74) is 2.46. The first kappa shape index (κ1) is 12.6. The van der Waals surface area contributed by atoms with Gasteiger partial charge >= 0.3 is 0 Å². The van der Waals surface area contributed by atoms with Crippen molar-refractivity contribution in [3.05, 3.63) is 29.1 Å². The lowest BCUT2D eigenvalue weighted by molar-refractivity contribution is 0.0962. The zero-order chi connectivity index (χ0) is 11.1. The van der Waals surface area contributed by atoms with E-state index in [1.54, 1.807) is 19.3 Å². The number of rotatable bonds is 1. The van der Waals surface area contributed by atoms with Gasteiger partial charge in [-0.3, -0.25) is 9.78 Å². The van der Waals surface area contributed by atoms with E-state index in [2.05, 4.69) is 10.3 Å². The Morgan fingerprint density at radius 2 is 2.00 bits per heavy atom. The van der Waals surface area contributed by atoms with Gasteiger partial charge in [0.05, 0.1) is 0 Å². The fourth-order valence-electron chi connectivity index (χ4n) is 1.01. The number of pyridine rings is 1. The van der Waals surface area contributed by atoms with Gasteiger partial charge in [0, 0.05) is 31.6 Å². The molecule has 0 fully saturated rings. The lowest BCUT2D eigenvalue weighted by atomic mass is 10.1. The molecule has 0 atom stereocenters. The number of aryl methyl sites for hydroxylation is 2. The Kier molecular flexibility index (Phi) is 5.48. The summed E-state index contributed by atoms with van der Waals surface area (Å²) in [5, 5.41) is 9.58. The third-order valence-electron chi connectivity index (χ3n) is 1.71. The Labute approximate surface area is 84.0 Å². The predicted molar refractivity (Wildman–Crippen MR) is 55.2 cm³/mol. The SMILES string of the molecule is CNC(=O)c1cc(C)ncc1C.CO. The maximum absolute atomic E-state index is 11.2. The van der Waals surface area contributed by atoms with Crippen LogP contribution in [-0.2, 0) is 0 Å². The van der Waals surface area contributed by atoms with Crippen LogP contribution in [0.2, 0.25) is 0 Å². The molecule has 0 aliphatic heterocycles. The summed E-state index contributed by atoms with van der Waals surface area (Å²) in [4.78, 5) is 15.3. The highest BCUT2D eigenvalue weighted by Crippen LogP contribution is 2.06. The van der Waals surface area contributed by atoms with Gasteiger partial charge in [0.2, 0.25) is 0 Å². The lowest BCUT2D eigenvalue weighted by Gasteiger charge is -2.03. The molecule has 78 valence electrons. The topological polar surface area (TPSA) is 62.2 Å². The Morgan fingerprint density at radius 3 is 2.50 bits per heavy atom. The Bertz CT molecular complexity index is 311. The van der Waals surface area contributed by atoms with Crippen LogP contribution in [0.25, 0.3) is 0 Å². The summed E-state index contributed by atoms with van der Waals surface area (Å²) in [5.74, 6) is -0.0574. The molecule has 1 aromatic rings. The molecule has 1 rings (SSSR count). The summed E-state index contributed by atoms with van der Waals surface area (Å²) < 4.78 is 0. The van der Waals surface area contributed by atoms with Crippen molar-refractivity contribution in [2.75, 3.05) is 14.2 Å². The number of carbonyl (C=O) groups is 1. The average molecular weight is 196 g/mol. The second-order valence-corrected chi connectivity index (χ2v) is 2.72. The highest BCUT2D eigenvalue weighted by molar-refractivity contribution is 5.95. The van der Waals surface area contributed by atoms with Gasteiger partial charge in [0.15, 0.2) is 0 Å². The average Bonchev–Trinajstić information content (AvgIpc) is 2.23. The molecule has 1 aromatic heterocycles. The number of nitrogens with one attached hydrogen (secondary N) is 1. The summed E-state index contributed by atoms with van der Waals surface area (Å²) in [6.07, 6.45) is 1.71. The Hall–Kier alpha value is -1.42. The molecule has 0 saturated carbocycles. The number of nitrogens with zero attached hydrogens (tertiary/aromatic N) is 1. The van der Waals surface area contributed by atoms with Gasteiger partial charge in [-0.1, -0.05) is 0 Å². The number of amides is 1. The van der Waals surface area contributed by atoms with Crippen molar-refractivity contribution in [2.24, 2.45) is 0 Å². The molecule has 1 heterocycles. The second kappa shape index (κ2) is 6.10. The van der Waals surface area contributed by atoms with Gasteiger partial charge in [0.1, 0.15) is 0 Å². The van der Waals surface area contributed by atoms with Crippen LogP contribution in [0, 0.1) is 13.8 Å². The lowest BCUT2D eigenvalue weighted by Crippen LogP contribution is -2.19. The van der Waals surface area contributed by atoms with E-state index in [0.717, 1.165) is 18.4 Å². The van der Waals surface area contributed by atoms with E-state index in [1.165, 1.54) is 0 Å². The van der Waals surface area contributed by atoms with Crippen molar-refractivity contribution in [3.63, 3.8) is 0 Å². The minimum atomic E-state index is -0.0574. The third-order valence-corrected chi connectivity index (χ3v) is 1.71. The van der Waals surface area contributed by atoms with Crippen LogP contribution < -0.4 is 5.32 Å². The summed E-state index contributed by atoms with van der Waals surface area (Å²) in [6.45, 7) is 3.74. The fourth-order valence-corrected chi connectivity index (χ4v) is 1.01. The number of aliphatic hydroxyl groups is 1. The molecule has 0 bridgehead atoms. The zero-order valence-electron chi connectivity index (χ0n) is 8.96. The Morgan fingerprint density at radius 1 is 1.43 bits per heavy atom. The third kappa shape index (κ3) is 3.14. The minimum absolute atomic E-state index is 0.0574. The molecule has 14 heavy (non-hydrogen) atoms. The van der Waals surface area contributed by atoms with Crippen LogP contribution in [-0.4, -0.2) is 30.2 Å². The van der Waals surface area contributed by atoms with Crippen molar-refractivity contribution in [2.45, 2.75) is 13.8 Å². The molecule has 0 aliphatic rings. The second-order valence-electron chi connectivity index (χ2n) is 2.72. The van der Waals surface area contributed by atoms with Crippen molar-refractivity contribution >= 4 is 5.91 Å². The van der Waals surface area contributed by atoms with Gasteiger partial charge in [-0.25, -0.2) is 0 Å². The number of aliphatic hydroxyl groups excluding tert-OH is 1. The highest BCUT2D eigenvalue weighted by Gasteiger charge is 2.06. The van der Waals surface area contributed by atoms with Crippen LogP contribution in [0.3, 0.4) is 0 Å². The maximum atomic E-state index is 11.2. The minimum Gasteiger partial charge on any atom is -0.400 e. The smallest absolute Gasteiger partial charge is 0.251 e. The van der Waals surface area contributed by atoms with Gasteiger partial charge in [0.25, 0.3) is 5.91 Å². The molecule has 0 unspecified atom stereocenters. The molecule has 2 N–H and O–H groups in total. The van der Waals surface area contributed by atoms with Crippen LogP contribution in [0.5, 0.6) is 0 Å². The molecule has 0 aliphatic carbocycles. The monoisotopic (exact) mass is 196 g/mol. The summed E-state index contributed by atoms with van der Waals surface area (Å²) in [7, 11) is 2.62. The molecule has 0 aromatic carbocycles.